The summed E-state index contributed by atoms with van der Waals surface area (Å²) in [5, 5.41) is 28.4. The molecule has 0 bridgehead atoms. The molecule has 1 atom stereocenters. The van der Waals surface area contributed by atoms with Crippen molar-refractivity contribution in [2.24, 2.45) is 0 Å². The smallest absolute Gasteiger partial charge is 0.131 e. The highest BCUT2D eigenvalue weighted by molar-refractivity contribution is 5.61. The van der Waals surface area contributed by atoms with E-state index in [4.69, 9.17) is 9.84 Å². The molecular weight excluding hydrogens is 244 g/mol. The molecule has 0 aromatic heterocycles. The van der Waals surface area contributed by atoms with Crippen LogP contribution in [-0.4, -0.2) is 33.6 Å². The standard InChI is InChI=1S/C15H20O4/c1-15(2,18)13-8-11-6-5-10(4-3-7-16)12(9-17)14(11)19-13/h3-6,13,16-18H,7-9H2,1-2H3/b4-3-. The zero-order chi connectivity index (χ0) is 14.0. The van der Waals surface area contributed by atoms with Crippen LogP contribution in [0.1, 0.15) is 30.5 Å². The van der Waals surface area contributed by atoms with Crippen LogP contribution in [0, 0.1) is 0 Å². The zero-order valence-electron chi connectivity index (χ0n) is 11.3. The van der Waals surface area contributed by atoms with Crippen molar-refractivity contribution in [3.05, 3.63) is 34.9 Å². The van der Waals surface area contributed by atoms with Crippen LogP contribution < -0.4 is 4.74 Å². The minimum atomic E-state index is -0.924. The van der Waals surface area contributed by atoms with E-state index < -0.39 is 5.60 Å². The predicted octanol–water partition coefficient (Wildman–Crippen LogP) is 1.26. The molecule has 1 aromatic rings. The summed E-state index contributed by atoms with van der Waals surface area (Å²) < 4.78 is 5.81. The first-order valence-corrected chi connectivity index (χ1v) is 6.39. The number of aliphatic hydroxyl groups excluding tert-OH is 2. The lowest BCUT2D eigenvalue weighted by Gasteiger charge is -2.25. The minimum Gasteiger partial charge on any atom is -0.486 e. The summed E-state index contributed by atoms with van der Waals surface area (Å²) in [5.41, 5.74) is 1.60. The van der Waals surface area contributed by atoms with E-state index in [1.807, 2.05) is 12.1 Å². The molecular formula is C15H20O4. The SMILES string of the molecule is CC(C)(O)C1Cc2ccc(/C=C\CO)c(CO)c2O1. The topological polar surface area (TPSA) is 69.9 Å². The van der Waals surface area contributed by atoms with Crippen molar-refractivity contribution >= 4 is 6.08 Å². The molecule has 4 nitrogen and oxygen atoms in total. The quantitative estimate of drug-likeness (QED) is 0.765. The molecule has 0 saturated carbocycles. The second-order valence-electron chi connectivity index (χ2n) is 5.33. The van der Waals surface area contributed by atoms with Crippen molar-refractivity contribution in [2.45, 2.75) is 38.6 Å². The predicted molar refractivity (Wildman–Crippen MR) is 72.9 cm³/mol. The zero-order valence-corrected chi connectivity index (χ0v) is 11.3. The highest BCUT2D eigenvalue weighted by atomic mass is 16.5. The number of hydrogen-bond donors (Lipinski definition) is 3. The Kier molecular flexibility index (Phi) is 3.94. The monoisotopic (exact) mass is 264 g/mol. The molecule has 0 spiro atoms. The number of fused-ring (bicyclic) bond motifs is 1. The van der Waals surface area contributed by atoms with Gasteiger partial charge in [-0.3, -0.25) is 0 Å². The Morgan fingerprint density at radius 2 is 2.11 bits per heavy atom. The van der Waals surface area contributed by atoms with Gasteiger partial charge in [0, 0.05) is 12.0 Å². The maximum absolute atomic E-state index is 10.0. The van der Waals surface area contributed by atoms with E-state index in [9.17, 15) is 10.2 Å². The van der Waals surface area contributed by atoms with Gasteiger partial charge in [-0.2, -0.15) is 0 Å². The van der Waals surface area contributed by atoms with Crippen molar-refractivity contribution in [3.63, 3.8) is 0 Å². The summed E-state index contributed by atoms with van der Waals surface area (Å²) in [5.74, 6) is 0.662. The molecule has 3 N–H and O–H groups in total. The highest BCUT2D eigenvalue weighted by Crippen LogP contribution is 2.38. The number of hydrogen-bond acceptors (Lipinski definition) is 4. The molecule has 1 aliphatic rings. The summed E-state index contributed by atoms with van der Waals surface area (Å²) in [6.45, 7) is 3.26. The second-order valence-corrected chi connectivity index (χ2v) is 5.33. The fourth-order valence-corrected chi connectivity index (χ4v) is 2.28. The fourth-order valence-electron chi connectivity index (χ4n) is 2.28. The molecule has 0 aliphatic carbocycles. The molecule has 19 heavy (non-hydrogen) atoms. The van der Waals surface area contributed by atoms with Gasteiger partial charge in [0.25, 0.3) is 0 Å². The first kappa shape index (κ1) is 14.1. The summed E-state index contributed by atoms with van der Waals surface area (Å²) in [7, 11) is 0. The minimum absolute atomic E-state index is 0.0465. The van der Waals surface area contributed by atoms with E-state index in [0.29, 0.717) is 17.7 Å². The van der Waals surface area contributed by atoms with Gasteiger partial charge in [0.1, 0.15) is 11.9 Å². The summed E-state index contributed by atoms with van der Waals surface area (Å²) in [6.07, 6.45) is 3.70. The first-order chi connectivity index (χ1) is 8.97. The van der Waals surface area contributed by atoms with E-state index in [-0.39, 0.29) is 19.3 Å². The van der Waals surface area contributed by atoms with E-state index in [1.165, 1.54) is 0 Å². The average molecular weight is 264 g/mol. The molecule has 4 heteroatoms. The Balaban J connectivity index is 2.37. The lowest BCUT2D eigenvalue weighted by atomic mass is 9.95. The van der Waals surface area contributed by atoms with Gasteiger partial charge in [0.2, 0.25) is 0 Å². The van der Waals surface area contributed by atoms with E-state index in [2.05, 4.69) is 0 Å². The van der Waals surface area contributed by atoms with Gasteiger partial charge in [-0.05, 0) is 25.0 Å². The third-order valence-corrected chi connectivity index (χ3v) is 3.39. The summed E-state index contributed by atoms with van der Waals surface area (Å²) in [4.78, 5) is 0. The number of rotatable bonds is 4. The van der Waals surface area contributed by atoms with E-state index in [0.717, 1.165) is 11.1 Å². The van der Waals surface area contributed by atoms with Crippen LogP contribution in [0.3, 0.4) is 0 Å². The Morgan fingerprint density at radius 3 is 2.68 bits per heavy atom. The molecule has 0 fully saturated rings. The lowest BCUT2D eigenvalue weighted by molar-refractivity contribution is -0.0235. The third-order valence-electron chi connectivity index (χ3n) is 3.39. The van der Waals surface area contributed by atoms with Gasteiger partial charge >= 0.3 is 0 Å². The van der Waals surface area contributed by atoms with Gasteiger partial charge in [0.05, 0.1) is 18.8 Å². The van der Waals surface area contributed by atoms with E-state index in [1.54, 1.807) is 26.0 Å². The van der Waals surface area contributed by atoms with Crippen LogP contribution in [0.2, 0.25) is 0 Å². The van der Waals surface area contributed by atoms with Crippen LogP contribution in [0.5, 0.6) is 5.75 Å². The highest BCUT2D eigenvalue weighted by Gasteiger charge is 2.36. The van der Waals surface area contributed by atoms with E-state index >= 15 is 0 Å². The maximum Gasteiger partial charge on any atom is 0.131 e. The molecule has 0 amide bonds. The van der Waals surface area contributed by atoms with Crippen molar-refractivity contribution in [1.82, 2.24) is 0 Å². The Morgan fingerprint density at radius 1 is 1.37 bits per heavy atom. The van der Waals surface area contributed by atoms with Gasteiger partial charge in [-0.15, -0.1) is 0 Å². The Bertz CT molecular complexity index is 486. The molecule has 1 unspecified atom stereocenters. The van der Waals surface area contributed by atoms with Crippen molar-refractivity contribution < 1.29 is 20.1 Å². The molecule has 104 valence electrons. The Labute approximate surface area is 113 Å². The molecule has 1 aromatic carbocycles. The third kappa shape index (κ3) is 2.81. The van der Waals surface area contributed by atoms with Crippen molar-refractivity contribution in [3.8, 4) is 5.75 Å². The van der Waals surface area contributed by atoms with Crippen LogP contribution in [0.15, 0.2) is 18.2 Å². The summed E-state index contributed by atoms with van der Waals surface area (Å²) in [6, 6.07) is 3.84. The molecule has 2 rings (SSSR count). The number of aliphatic hydroxyl groups is 3. The molecule has 0 radical (unpaired) electrons. The van der Waals surface area contributed by atoms with Crippen LogP contribution in [-0.2, 0) is 13.0 Å². The molecule has 1 aliphatic heterocycles. The number of benzene rings is 1. The Hall–Kier alpha value is -1.36. The maximum atomic E-state index is 10.0. The van der Waals surface area contributed by atoms with Gasteiger partial charge < -0.3 is 20.1 Å². The fraction of sp³-hybridized carbons (Fsp3) is 0.467. The van der Waals surface area contributed by atoms with Crippen LogP contribution >= 0.6 is 0 Å². The van der Waals surface area contributed by atoms with Crippen molar-refractivity contribution in [2.75, 3.05) is 6.61 Å². The average Bonchev–Trinajstić information content (AvgIpc) is 2.79. The molecule has 0 saturated heterocycles. The first-order valence-electron chi connectivity index (χ1n) is 6.39. The van der Waals surface area contributed by atoms with Crippen LogP contribution in [0.25, 0.3) is 6.08 Å². The lowest BCUT2D eigenvalue weighted by Crippen LogP contribution is -2.39. The normalized spacial score (nSPS) is 18.7. The molecule has 1 heterocycles. The van der Waals surface area contributed by atoms with Gasteiger partial charge in [-0.25, -0.2) is 0 Å². The second kappa shape index (κ2) is 5.33. The van der Waals surface area contributed by atoms with Gasteiger partial charge in [0.15, 0.2) is 0 Å². The van der Waals surface area contributed by atoms with Crippen molar-refractivity contribution in [1.29, 1.82) is 0 Å². The van der Waals surface area contributed by atoms with Crippen LogP contribution in [0.4, 0.5) is 0 Å². The largest absolute Gasteiger partial charge is 0.486 e. The van der Waals surface area contributed by atoms with Gasteiger partial charge in [-0.1, -0.05) is 24.3 Å². The number of ether oxygens (including phenoxy) is 1. The summed E-state index contributed by atoms with van der Waals surface area (Å²) >= 11 is 0.